The number of ether oxygens (including phenoxy) is 1. The van der Waals surface area contributed by atoms with E-state index >= 15 is 0 Å². The van der Waals surface area contributed by atoms with Gasteiger partial charge in [0.05, 0.1) is 12.5 Å². The number of hydrogen-bond donors (Lipinski definition) is 0. The van der Waals surface area contributed by atoms with E-state index in [0.29, 0.717) is 6.61 Å². The van der Waals surface area contributed by atoms with Gasteiger partial charge in [0.15, 0.2) is 5.78 Å². The van der Waals surface area contributed by atoms with E-state index in [9.17, 15) is 4.79 Å². The Balaban J connectivity index is 0.00000261. The van der Waals surface area contributed by atoms with E-state index in [2.05, 4.69) is 24.0 Å². The second-order valence-electron chi connectivity index (χ2n) is 7.06. The molecule has 4 heteroatoms. The third-order valence-corrected chi connectivity index (χ3v) is 5.02. The molecule has 0 aliphatic carbocycles. The topological polar surface area (TPSA) is 29.5 Å². The molecule has 0 amide bonds. The lowest BCUT2D eigenvalue weighted by molar-refractivity contribution is 0.0925. The van der Waals surface area contributed by atoms with Gasteiger partial charge in [0.25, 0.3) is 0 Å². The highest BCUT2D eigenvalue weighted by molar-refractivity contribution is 6.01. The van der Waals surface area contributed by atoms with Crippen LogP contribution in [0, 0.1) is 0 Å². The number of piperidine rings is 1. The van der Waals surface area contributed by atoms with Crippen molar-refractivity contribution in [2.45, 2.75) is 38.5 Å². The Bertz CT molecular complexity index is 681. The molecule has 1 aliphatic heterocycles. The molecule has 1 aliphatic rings. The molecule has 1 heterocycles. The second kappa shape index (κ2) is 11.1. The van der Waals surface area contributed by atoms with Crippen molar-refractivity contribution in [2.24, 2.45) is 0 Å². The lowest BCUT2D eigenvalue weighted by Crippen LogP contribution is -2.35. The van der Waals surface area contributed by atoms with E-state index in [1.54, 1.807) is 0 Å². The Hall–Kier alpha value is -1.84. The number of Topliss-reactive ketones (excluding diaryl/α,β-unsaturated/α-hetero) is 1. The molecule has 0 radical (unpaired) electrons. The van der Waals surface area contributed by atoms with Gasteiger partial charge < -0.3 is 9.64 Å². The van der Waals surface area contributed by atoms with E-state index in [4.69, 9.17) is 4.74 Å². The molecule has 1 atom stereocenters. The van der Waals surface area contributed by atoms with Crippen LogP contribution in [0.15, 0.2) is 54.6 Å². The van der Waals surface area contributed by atoms with Crippen LogP contribution in [0.1, 0.15) is 54.4 Å². The lowest BCUT2D eigenvalue weighted by atomic mass is 9.89. The normalized spacial score (nSPS) is 15.6. The van der Waals surface area contributed by atoms with Gasteiger partial charge in [0.2, 0.25) is 0 Å². The highest BCUT2D eigenvalue weighted by Gasteiger charge is 2.25. The van der Waals surface area contributed by atoms with Crippen LogP contribution >= 0.6 is 12.4 Å². The van der Waals surface area contributed by atoms with Crippen molar-refractivity contribution in [1.29, 1.82) is 0 Å². The van der Waals surface area contributed by atoms with Gasteiger partial charge in [0, 0.05) is 12.1 Å². The Morgan fingerprint density at radius 3 is 2.30 bits per heavy atom. The monoisotopic (exact) mass is 387 g/mol. The Labute approximate surface area is 169 Å². The maximum absolute atomic E-state index is 13.3. The number of ketones is 1. The summed E-state index contributed by atoms with van der Waals surface area (Å²) in [6.07, 6.45) is 4.75. The zero-order valence-electron chi connectivity index (χ0n) is 16.1. The third kappa shape index (κ3) is 6.08. The number of hydrogen-bond acceptors (Lipinski definition) is 3. The average Bonchev–Trinajstić information content (AvgIpc) is 2.72. The molecule has 0 aromatic heterocycles. The van der Waals surface area contributed by atoms with Gasteiger partial charge in [-0.25, -0.2) is 0 Å². The third-order valence-electron chi connectivity index (χ3n) is 5.02. The van der Waals surface area contributed by atoms with E-state index in [0.717, 1.165) is 42.9 Å². The van der Waals surface area contributed by atoms with Gasteiger partial charge in [-0.05, 0) is 62.2 Å². The number of nitrogens with zero attached hydrogens (tertiary/aromatic N) is 1. The van der Waals surface area contributed by atoms with Crippen molar-refractivity contribution in [1.82, 2.24) is 4.90 Å². The summed E-state index contributed by atoms with van der Waals surface area (Å²) in [5, 5.41) is 0. The van der Waals surface area contributed by atoms with Crippen molar-refractivity contribution < 1.29 is 9.53 Å². The van der Waals surface area contributed by atoms with Gasteiger partial charge in [-0.2, -0.15) is 0 Å². The lowest BCUT2D eigenvalue weighted by Gasteiger charge is -2.30. The SMILES string of the molecule is CCCOc1ccc(C(=O)C(CN2CCCCC2)c2ccccc2)cc1.Cl. The van der Waals surface area contributed by atoms with Gasteiger partial charge >= 0.3 is 0 Å². The second-order valence-corrected chi connectivity index (χ2v) is 7.06. The molecule has 146 valence electrons. The number of halogens is 1. The van der Waals surface area contributed by atoms with Crippen molar-refractivity contribution in [2.75, 3.05) is 26.2 Å². The van der Waals surface area contributed by atoms with Crippen LogP contribution in [0.25, 0.3) is 0 Å². The number of carbonyl (C=O) groups excluding carboxylic acids is 1. The molecule has 0 bridgehead atoms. The molecule has 0 saturated carbocycles. The maximum atomic E-state index is 13.3. The first-order valence-electron chi connectivity index (χ1n) is 9.82. The summed E-state index contributed by atoms with van der Waals surface area (Å²) in [4.78, 5) is 15.7. The maximum Gasteiger partial charge on any atom is 0.171 e. The standard InChI is InChI=1S/C23H29NO2.ClH/c1-2-17-26-21-13-11-20(12-14-21)23(25)22(19-9-5-3-6-10-19)18-24-15-7-4-8-16-24;/h3,5-6,9-14,22H,2,4,7-8,15-18H2,1H3;1H. The highest BCUT2D eigenvalue weighted by atomic mass is 35.5. The van der Waals surface area contributed by atoms with Crippen molar-refractivity contribution in [3.63, 3.8) is 0 Å². The summed E-state index contributed by atoms with van der Waals surface area (Å²) in [6, 6.07) is 17.8. The number of benzene rings is 2. The summed E-state index contributed by atoms with van der Waals surface area (Å²) < 4.78 is 5.64. The van der Waals surface area contributed by atoms with Crippen LogP contribution in [0.3, 0.4) is 0 Å². The summed E-state index contributed by atoms with van der Waals surface area (Å²) in [5.74, 6) is 0.913. The molecule has 1 unspecified atom stereocenters. The number of likely N-dealkylation sites (tertiary alicyclic amines) is 1. The first kappa shape index (κ1) is 21.5. The zero-order chi connectivity index (χ0) is 18.2. The van der Waals surface area contributed by atoms with Crippen LogP contribution in [-0.4, -0.2) is 36.9 Å². The minimum atomic E-state index is -0.114. The fraction of sp³-hybridized carbons (Fsp3) is 0.435. The largest absolute Gasteiger partial charge is 0.494 e. The Kier molecular flexibility index (Phi) is 8.83. The van der Waals surface area contributed by atoms with E-state index in [1.165, 1.54) is 19.3 Å². The van der Waals surface area contributed by atoms with Gasteiger partial charge in [-0.15, -0.1) is 12.4 Å². The fourth-order valence-electron chi connectivity index (χ4n) is 3.56. The Morgan fingerprint density at radius 1 is 1.00 bits per heavy atom. The van der Waals surface area contributed by atoms with Crippen LogP contribution in [0.4, 0.5) is 0 Å². The molecule has 2 aromatic rings. The molecule has 0 spiro atoms. The number of carbonyl (C=O) groups is 1. The molecule has 1 fully saturated rings. The summed E-state index contributed by atoms with van der Waals surface area (Å²) >= 11 is 0. The minimum absolute atomic E-state index is 0. The van der Waals surface area contributed by atoms with Crippen LogP contribution in [0.2, 0.25) is 0 Å². The summed E-state index contributed by atoms with van der Waals surface area (Å²) in [5.41, 5.74) is 1.87. The first-order chi connectivity index (χ1) is 12.8. The van der Waals surface area contributed by atoms with Crippen molar-refractivity contribution in [3.8, 4) is 5.75 Å². The van der Waals surface area contributed by atoms with Gasteiger partial charge in [-0.1, -0.05) is 43.7 Å². The van der Waals surface area contributed by atoms with Gasteiger partial charge in [-0.3, -0.25) is 4.79 Å². The minimum Gasteiger partial charge on any atom is -0.494 e. The van der Waals surface area contributed by atoms with Crippen LogP contribution in [-0.2, 0) is 0 Å². The molecule has 3 rings (SSSR count). The Morgan fingerprint density at radius 2 is 1.67 bits per heavy atom. The van der Waals surface area contributed by atoms with Gasteiger partial charge in [0.1, 0.15) is 5.75 Å². The predicted octanol–water partition coefficient (Wildman–Crippen LogP) is 5.35. The molecule has 3 nitrogen and oxygen atoms in total. The first-order valence-corrected chi connectivity index (χ1v) is 9.82. The summed E-state index contributed by atoms with van der Waals surface area (Å²) in [7, 11) is 0. The zero-order valence-corrected chi connectivity index (χ0v) is 16.9. The predicted molar refractivity (Wildman–Crippen MR) is 113 cm³/mol. The van der Waals surface area contributed by atoms with Crippen LogP contribution < -0.4 is 4.74 Å². The quantitative estimate of drug-likeness (QED) is 0.572. The fourth-order valence-corrected chi connectivity index (χ4v) is 3.56. The molecular formula is C23H30ClNO2. The summed E-state index contributed by atoms with van der Waals surface area (Å²) in [6.45, 7) is 5.79. The van der Waals surface area contributed by atoms with Crippen LogP contribution in [0.5, 0.6) is 5.75 Å². The van der Waals surface area contributed by atoms with E-state index < -0.39 is 0 Å². The van der Waals surface area contributed by atoms with E-state index in [1.807, 2.05) is 42.5 Å². The molecule has 27 heavy (non-hydrogen) atoms. The smallest absolute Gasteiger partial charge is 0.171 e. The number of rotatable bonds is 8. The average molecular weight is 388 g/mol. The highest BCUT2D eigenvalue weighted by Crippen LogP contribution is 2.25. The van der Waals surface area contributed by atoms with Crippen molar-refractivity contribution >= 4 is 18.2 Å². The van der Waals surface area contributed by atoms with Crippen molar-refractivity contribution in [3.05, 3.63) is 65.7 Å². The molecule has 1 saturated heterocycles. The molecule has 0 N–H and O–H groups in total. The molecular weight excluding hydrogens is 358 g/mol. The molecule has 2 aromatic carbocycles. The van der Waals surface area contributed by atoms with E-state index in [-0.39, 0.29) is 24.1 Å².